The highest BCUT2D eigenvalue weighted by Gasteiger charge is 2.14. The number of benzene rings is 1. The predicted molar refractivity (Wildman–Crippen MR) is 87.8 cm³/mol. The van der Waals surface area contributed by atoms with Crippen LogP contribution in [-0.2, 0) is 6.42 Å². The Labute approximate surface area is 136 Å². The summed E-state index contributed by atoms with van der Waals surface area (Å²) in [6.07, 6.45) is 2.02. The number of aryl methyl sites for hydroxylation is 1. The minimum atomic E-state index is -0.506. The molecule has 2 aromatic heterocycles. The second kappa shape index (κ2) is 6.26. The first-order valence-corrected chi connectivity index (χ1v) is 7.81. The van der Waals surface area contributed by atoms with Crippen molar-refractivity contribution < 1.29 is 9.18 Å². The summed E-state index contributed by atoms with van der Waals surface area (Å²) in [5, 5.41) is 0.813. The number of primary amides is 1. The van der Waals surface area contributed by atoms with E-state index in [1.54, 1.807) is 6.07 Å². The number of carbonyl (C=O) groups excluding carboxylic acids is 1. The second-order valence-corrected chi connectivity index (χ2v) is 6.32. The van der Waals surface area contributed by atoms with Crippen LogP contribution in [0.3, 0.4) is 0 Å². The van der Waals surface area contributed by atoms with E-state index in [1.165, 1.54) is 23.6 Å². The molecule has 1 aromatic carbocycles. The summed E-state index contributed by atoms with van der Waals surface area (Å²) in [7, 11) is 0. The Hall–Kier alpha value is -2.60. The van der Waals surface area contributed by atoms with Crippen LogP contribution in [0.4, 0.5) is 4.39 Å². The Kier molecular flexibility index (Phi) is 4.16. The lowest BCUT2D eigenvalue weighted by molar-refractivity contribution is 0.100. The van der Waals surface area contributed by atoms with E-state index in [1.807, 2.05) is 31.2 Å². The van der Waals surface area contributed by atoms with Gasteiger partial charge in [-0.3, -0.25) is 4.79 Å². The Balaban J connectivity index is 1.91. The number of nitrogens with two attached hydrogens (primary N) is 1. The molecule has 0 saturated heterocycles. The van der Waals surface area contributed by atoms with Crippen LogP contribution < -0.4 is 5.73 Å². The summed E-state index contributed by atoms with van der Waals surface area (Å²) >= 11 is 1.31. The summed E-state index contributed by atoms with van der Waals surface area (Å²) in [6.45, 7) is 1.85. The quantitative estimate of drug-likeness (QED) is 0.747. The lowest BCUT2D eigenvalue weighted by Gasteiger charge is -2.05. The first-order chi connectivity index (χ1) is 11.0. The molecule has 2 N–H and O–H groups in total. The number of amides is 1. The van der Waals surface area contributed by atoms with Crippen LogP contribution >= 0.6 is 11.3 Å². The number of halogens is 1. The monoisotopic (exact) mass is 327 g/mol. The van der Waals surface area contributed by atoms with Gasteiger partial charge >= 0.3 is 0 Å². The molecule has 3 rings (SSSR count). The molecule has 0 fully saturated rings. The zero-order valence-electron chi connectivity index (χ0n) is 12.4. The van der Waals surface area contributed by atoms with Crippen molar-refractivity contribution in [3.05, 3.63) is 69.7 Å². The van der Waals surface area contributed by atoms with Crippen molar-refractivity contribution in [1.29, 1.82) is 0 Å². The zero-order valence-corrected chi connectivity index (χ0v) is 13.2. The Morgan fingerprint density at radius 2 is 2.09 bits per heavy atom. The molecular weight excluding hydrogens is 313 g/mol. The molecule has 6 heteroatoms. The van der Waals surface area contributed by atoms with Crippen molar-refractivity contribution in [1.82, 2.24) is 9.97 Å². The van der Waals surface area contributed by atoms with Crippen LogP contribution in [0.15, 0.2) is 42.6 Å². The average molecular weight is 327 g/mol. The van der Waals surface area contributed by atoms with E-state index in [9.17, 15) is 9.18 Å². The molecule has 3 aromatic rings. The van der Waals surface area contributed by atoms with Crippen molar-refractivity contribution in [2.45, 2.75) is 13.3 Å². The first-order valence-electron chi connectivity index (χ1n) is 7.00. The number of aromatic nitrogens is 2. The van der Waals surface area contributed by atoms with Crippen molar-refractivity contribution >= 4 is 17.2 Å². The number of nitrogens with zero attached hydrogens (tertiary/aromatic N) is 2. The number of thiazole rings is 1. The van der Waals surface area contributed by atoms with E-state index in [0.29, 0.717) is 17.0 Å². The van der Waals surface area contributed by atoms with E-state index in [2.05, 4.69) is 9.97 Å². The summed E-state index contributed by atoms with van der Waals surface area (Å²) in [6, 6.07) is 10.8. The van der Waals surface area contributed by atoms with Crippen LogP contribution in [0.25, 0.3) is 11.1 Å². The molecule has 0 radical (unpaired) electrons. The molecule has 0 bridgehead atoms. The predicted octanol–water partition coefficient (Wildman–Crippen LogP) is 3.34. The van der Waals surface area contributed by atoms with Gasteiger partial charge in [0, 0.05) is 18.2 Å². The van der Waals surface area contributed by atoms with Gasteiger partial charge in [-0.15, -0.1) is 11.3 Å². The fourth-order valence-corrected chi connectivity index (χ4v) is 3.17. The molecule has 2 heterocycles. The molecule has 23 heavy (non-hydrogen) atoms. The Morgan fingerprint density at radius 1 is 1.26 bits per heavy atom. The molecule has 0 saturated carbocycles. The topological polar surface area (TPSA) is 68.9 Å². The molecule has 0 spiro atoms. The average Bonchev–Trinajstić information content (AvgIpc) is 2.89. The molecule has 116 valence electrons. The molecular formula is C17H14FN3OS. The maximum Gasteiger partial charge on any atom is 0.260 e. The van der Waals surface area contributed by atoms with E-state index >= 15 is 0 Å². The smallest absolute Gasteiger partial charge is 0.260 e. The SMILES string of the molecule is Cc1nc(Cc2cccc(-c3ccc(F)nc3)c2)c(C(N)=O)s1. The van der Waals surface area contributed by atoms with E-state index in [4.69, 9.17) is 5.73 Å². The largest absolute Gasteiger partial charge is 0.365 e. The number of pyridine rings is 1. The number of carbonyl (C=O) groups is 1. The second-order valence-electron chi connectivity index (χ2n) is 5.12. The van der Waals surface area contributed by atoms with E-state index in [-0.39, 0.29) is 0 Å². The van der Waals surface area contributed by atoms with Crippen molar-refractivity contribution in [3.8, 4) is 11.1 Å². The lowest BCUT2D eigenvalue weighted by Crippen LogP contribution is -2.11. The zero-order chi connectivity index (χ0) is 16.4. The normalized spacial score (nSPS) is 10.7. The number of hydrogen-bond donors (Lipinski definition) is 1. The fourth-order valence-electron chi connectivity index (χ4n) is 2.38. The van der Waals surface area contributed by atoms with E-state index < -0.39 is 11.9 Å². The van der Waals surface area contributed by atoms with Crippen LogP contribution in [0.1, 0.15) is 25.9 Å². The summed E-state index contributed by atoms with van der Waals surface area (Å²) in [5.41, 5.74) is 8.86. The molecule has 1 amide bonds. The lowest BCUT2D eigenvalue weighted by atomic mass is 10.0. The molecule has 0 unspecified atom stereocenters. The van der Waals surface area contributed by atoms with Gasteiger partial charge in [-0.05, 0) is 30.2 Å². The van der Waals surface area contributed by atoms with Gasteiger partial charge in [-0.2, -0.15) is 4.39 Å². The van der Waals surface area contributed by atoms with Crippen LogP contribution in [-0.4, -0.2) is 15.9 Å². The van der Waals surface area contributed by atoms with Gasteiger partial charge in [0.2, 0.25) is 5.95 Å². The van der Waals surface area contributed by atoms with Crippen LogP contribution in [0.5, 0.6) is 0 Å². The van der Waals surface area contributed by atoms with E-state index in [0.717, 1.165) is 21.7 Å². The van der Waals surface area contributed by atoms with Gasteiger partial charge < -0.3 is 5.73 Å². The van der Waals surface area contributed by atoms with Gasteiger partial charge in [0.25, 0.3) is 5.91 Å². The van der Waals surface area contributed by atoms with Gasteiger partial charge in [-0.1, -0.05) is 24.3 Å². The fraction of sp³-hybridized carbons (Fsp3) is 0.118. The number of hydrogen-bond acceptors (Lipinski definition) is 4. The third-order valence-electron chi connectivity index (χ3n) is 3.39. The maximum absolute atomic E-state index is 12.9. The molecule has 0 aliphatic heterocycles. The number of rotatable bonds is 4. The minimum Gasteiger partial charge on any atom is -0.365 e. The van der Waals surface area contributed by atoms with Crippen molar-refractivity contribution in [3.63, 3.8) is 0 Å². The van der Waals surface area contributed by atoms with Gasteiger partial charge in [-0.25, -0.2) is 9.97 Å². The van der Waals surface area contributed by atoms with Crippen molar-refractivity contribution in [2.75, 3.05) is 0 Å². The van der Waals surface area contributed by atoms with Gasteiger partial charge in [0.05, 0.1) is 10.7 Å². The molecule has 0 aliphatic rings. The Bertz CT molecular complexity index is 859. The highest BCUT2D eigenvalue weighted by atomic mass is 32.1. The minimum absolute atomic E-state index is 0.454. The Morgan fingerprint density at radius 3 is 2.78 bits per heavy atom. The molecule has 4 nitrogen and oxygen atoms in total. The summed E-state index contributed by atoms with van der Waals surface area (Å²) in [4.78, 5) is 20.1. The third kappa shape index (κ3) is 3.43. The highest BCUT2D eigenvalue weighted by molar-refractivity contribution is 7.13. The third-order valence-corrected chi connectivity index (χ3v) is 4.41. The highest BCUT2D eigenvalue weighted by Crippen LogP contribution is 2.24. The van der Waals surface area contributed by atoms with Crippen molar-refractivity contribution in [2.24, 2.45) is 5.73 Å². The summed E-state index contributed by atoms with van der Waals surface area (Å²) < 4.78 is 12.9. The molecule has 0 atom stereocenters. The van der Waals surface area contributed by atoms with Gasteiger partial charge in [0.15, 0.2) is 0 Å². The van der Waals surface area contributed by atoms with Gasteiger partial charge in [0.1, 0.15) is 4.88 Å². The van der Waals surface area contributed by atoms with Crippen LogP contribution in [0.2, 0.25) is 0 Å². The summed E-state index contributed by atoms with van der Waals surface area (Å²) in [5.74, 6) is -0.960. The molecule has 0 aliphatic carbocycles. The standard InChI is InChI=1S/C17H14FN3OS/c1-10-21-14(16(23-10)17(19)22)8-11-3-2-4-12(7-11)13-5-6-15(18)20-9-13/h2-7,9H,8H2,1H3,(H2,19,22). The van der Waals surface area contributed by atoms with Crippen LogP contribution in [0, 0.1) is 12.9 Å². The first kappa shape index (κ1) is 15.3. The maximum atomic E-state index is 12.9.